The second kappa shape index (κ2) is 4.84. The molecule has 17 heavy (non-hydrogen) atoms. The van der Waals surface area contributed by atoms with Gasteiger partial charge in [-0.1, -0.05) is 0 Å². The van der Waals surface area contributed by atoms with Crippen molar-refractivity contribution in [3.05, 3.63) is 0 Å². The van der Waals surface area contributed by atoms with Crippen LogP contribution in [-0.2, 0) is 9.47 Å². The Morgan fingerprint density at radius 2 is 2.06 bits per heavy atom. The molecule has 0 aromatic heterocycles. The van der Waals surface area contributed by atoms with Crippen LogP contribution in [0.1, 0.15) is 19.3 Å². The van der Waals surface area contributed by atoms with E-state index in [0.29, 0.717) is 17.6 Å². The third-order valence-electron chi connectivity index (χ3n) is 4.41. The van der Waals surface area contributed by atoms with Crippen LogP contribution in [0.4, 0.5) is 0 Å². The predicted molar refractivity (Wildman–Crippen MR) is 66.1 cm³/mol. The van der Waals surface area contributed by atoms with Gasteiger partial charge in [0.15, 0.2) is 0 Å². The number of fused-ring (bicyclic) bond motifs is 2. The van der Waals surface area contributed by atoms with E-state index < -0.39 is 0 Å². The minimum Gasteiger partial charge on any atom is -0.381 e. The molecule has 3 atom stereocenters. The fourth-order valence-corrected chi connectivity index (χ4v) is 3.65. The van der Waals surface area contributed by atoms with Crippen molar-refractivity contribution in [3.8, 4) is 0 Å². The van der Waals surface area contributed by atoms with Gasteiger partial charge in [0.05, 0.1) is 18.8 Å². The lowest BCUT2D eigenvalue weighted by Crippen LogP contribution is -2.50. The van der Waals surface area contributed by atoms with Gasteiger partial charge in [-0.3, -0.25) is 4.90 Å². The number of morpholine rings is 1. The Hall–Kier alpha value is -0.160. The summed E-state index contributed by atoms with van der Waals surface area (Å²) in [5.74, 6) is 0. The molecule has 0 aromatic rings. The van der Waals surface area contributed by atoms with Crippen LogP contribution in [0.5, 0.6) is 0 Å². The maximum atomic E-state index is 5.90. The minimum atomic E-state index is 0.339. The highest BCUT2D eigenvalue weighted by Crippen LogP contribution is 2.32. The molecule has 0 aromatic carbocycles. The number of likely N-dealkylation sites (tertiary alicyclic amines) is 1. The van der Waals surface area contributed by atoms with Crippen LogP contribution in [0.15, 0.2) is 0 Å². The van der Waals surface area contributed by atoms with Crippen LogP contribution in [0.3, 0.4) is 0 Å². The fraction of sp³-hybridized carbons (Fsp3) is 1.00. The number of nitrogens with one attached hydrogen (secondary N) is 1. The zero-order chi connectivity index (χ0) is 11.7. The summed E-state index contributed by atoms with van der Waals surface area (Å²) in [6, 6.07) is 0. The zero-order valence-corrected chi connectivity index (χ0v) is 10.8. The molecule has 3 saturated heterocycles. The summed E-state index contributed by atoms with van der Waals surface area (Å²) in [5.41, 5.74) is 0.339. The van der Waals surface area contributed by atoms with E-state index in [0.717, 1.165) is 32.8 Å². The van der Waals surface area contributed by atoms with E-state index in [2.05, 4.69) is 10.2 Å². The topological polar surface area (TPSA) is 33.7 Å². The monoisotopic (exact) mass is 240 g/mol. The van der Waals surface area contributed by atoms with Gasteiger partial charge in [-0.25, -0.2) is 0 Å². The SMILES string of the molecule is CNCC1(CN2CC3CCC(C2)O3)CCOC1. The maximum Gasteiger partial charge on any atom is 0.0707 e. The van der Waals surface area contributed by atoms with Gasteiger partial charge < -0.3 is 14.8 Å². The van der Waals surface area contributed by atoms with E-state index in [1.165, 1.54) is 25.8 Å². The molecule has 2 bridgehead atoms. The summed E-state index contributed by atoms with van der Waals surface area (Å²) in [5, 5.41) is 3.34. The van der Waals surface area contributed by atoms with Crippen LogP contribution in [0.2, 0.25) is 0 Å². The van der Waals surface area contributed by atoms with Gasteiger partial charge in [0.1, 0.15) is 0 Å². The summed E-state index contributed by atoms with van der Waals surface area (Å²) >= 11 is 0. The van der Waals surface area contributed by atoms with E-state index in [1.54, 1.807) is 0 Å². The molecule has 0 radical (unpaired) electrons. The lowest BCUT2D eigenvalue weighted by atomic mass is 9.86. The van der Waals surface area contributed by atoms with Crippen LogP contribution in [0, 0.1) is 5.41 Å². The lowest BCUT2D eigenvalue weighted by molar-refractivity contribution is -0.0510. The molecular weight excluding hydrogens is 216 g/mol. The van der Waals surface area contributed by atoms with Crippen molar-refractivity contribution in [1.82, 2.24) is 10.2 Å². The Morgan fingerprint density at radius 3 is 2.65 bits per heavy atom. The molecule has 1 N–H and O–H groups in total. The Bertz CT molecular complexity index is 254. The smallest absolute Gasteiger partial charge is 0.0707 e. The van der Waals surface area contributed by atoms with Crippen molar-refractivity contribution in [2.75, 3.05) is 46.4 Å². The van der Waals surface area contributed by atoms with Crippen molar-refractivity contribution < 1.29 is 9.47 Å². The highest BCUT2D eigenvalue weighted by atomic mass is 16.5. The van der Waals surface area contributed by atoms with E-state index in [1.807, 2.05) is 7.05 Å². The van der Waals surface area contributed by atoms with Gasteiger partial charge >= 0.3 is 0 Å². The van der Waals surface area contributed by atoms with Crippen molar-refractivity contribution in [1.29, 1.82) is 0 Å². The van der Waals surface area contributed by atoms with E-state index in [4.69, 9.17) is 9.47 Å². The first-order valence-corrected chi connectivity index (χ1v) is 6.90. The Kier molecular flexibility index (Phi) is 3.39. The molecule has 0 spiro atoms. The van der Waals surface area contributed by atoms with Crippen molar-refractivity contribution >= 4 is 0 Å². The molecule has 0 amide bonds. The molecule has 0 aliphatic carbocycles. The molecule has 4 nitrogen and oxygen atoms in total. The number of hydrogen-bond acceptors (Lipinski definition) is 4. The normalized spacial score (nSPS) is 42.2. The number of rotatable bonds is 4. The Balaban J connectivity index is 1.61. The largest absolute Gasteiger partial charge is 0.381 e. The molecule has 3 aliphatic heterocycles. The molecule has 3 heterocycles. The Morgan fingerprint density at radius 1 is 1.29 bits per heavy atom. The summed E-state index contributed by atoms with van der Waals surface area (Å²) < 4.78 is 11.5. The van der Waals surface area contributed by atoms with Crippen LogP contribution < -0.4 is 5.32 Å². The highest BCUT2D eigenvalue weighted by molar-refractivity contribution is 4.92. The summed E-state index contributed by atoms with van der Waals surface area (Å²) in [6.07, 6.45) is 4.72. The standard InChI is InChI=1S/C13H24N2O2/c1-14-8-13(4-5-16-10-13)9-15-6-11-2-3-12(7-15)17-11/h11-12,14H,2-10H2,1H3. The van der Waals surface area contributed by atoms with Gasteiger partial charge in [0, 0.05) is 38.2 Å². The molecule has 0 saturated carbocycles. The molecule has 3 unspecified atom stereocenters. The first kappa shape index (κ1) is 11.9. The van der Waals surface area contributed by atoms with Gasteiger partial charge in [0.25, 0.3) is 0 Å². The molecular formula is C13H24N2O2. The van der Waals surface area contributed by atoms with Gasteiger partial charge in [-0.15, -0.1) is 0 Å². The van der Waals surface area contributed by atoms with E-state index in [-0.39, 0.29) is 0 Å². The summed E-state index contributed by atoms with van der Waals surface area (Å²) in [4.78, 5) is 2.61. The summed E-state index contributed by atoms with van der Waals surface area (Å²) in [6.45, 7) is 6.34. The first-order valence-electron chi connectivity index (χ1n) is 6.90. The molecule has 3 fully saturated rings. The van der Waals surface area contributed by atoms with Crippen molar-refractivity contribution in [2.24, 2.45) is 5.41 Å². The third-order valence-corrected chi connectivity index (χ3v) is 4.41. The molecule has 4 heteroatoms. The molecule has 98 valence electrons. The Labute approximate surface area is 104 Å². The predicted octanol–water partition coefficient (Wildman–Crippen LogP) is 0.476. The number of ether oxygens (including phenoxy) is 2. The highest BCUT2D eigenvalue weighted by Gasteiger charge is 2.40. The van der Waals surface area contributed by atoms with Gasteiger partial charge in [-0.05, 0) is 26.3 Å². The first-order chi connectivity index (χ1) is 8.30. The van der Waals surface area contributed by atoms with E-state index in [9.17, 15) is 0 Å². The molecule has 3 rings (SSSR count). The minimum absolute atomic E-state index is 0.339. The number of nitrogens with zero attached hydrogens (tertiary/aromatic N) is 1. The van der Waals surface area contributed by atoms with Crippen molar-refractivity contribution in [3.63, 3.8) is 0 Å². The second-order valence-corrected chi connectivity index (χ2v) is 5.98. The van der Waals surface area contributed by atoms with Crippen LogP contribution >= 0.6 is 0 Å². The molecule has 3 aliphatic rings. The fourth-order valence-electron chi connectivity index (χ4n) is 3.65. The average Bonchev–Trinajstić information content (AvgIpc) is 2.87. The number of hydrogen-bond donors (Lipinski definition) is 1. The second-order valence-electron chi connectivity index (χ2n) is 5.98. The summed E-state index contributed by atoms with van der Waals surface area (Å²) in [7, 11) is 2.04. The van der Waals surface area contributed by atoms with Gasteiger partial charge in [-0.2, -0.15) is 0 Å². The van der Waals surface area contributed by atoms with Gasteiger partial charge in [0.2, 0.25) is 0 Å². The zero-order valence-electron chi connectivity index (χ0n) is 10.8. The maximum absolute atomic E-state index is 5.90. The van der Waals surface area contributed by atoms with Crippen LogP contribution in [0.25, 0.3) is 0 Å². The van der Waals surface area contributed by atoms with E-state index >= 15 is 0 Å². The lowest BCUT2D eigenvalue weighted by Gasteiger charge is -2.38. The quantitative estimate of drug-likeness (QED) is 0.775. The van der Waals surface area contributed by atoms with Crippen molar-refractivity contribution in [2.45, 2.75) is 31.5 Å². The van der Waals surface area contributed by atoms with Crippen LogP contribution in [-0.4, -0.2) is 63.5 Å². The third kappa shape index (κ3) is 2.50. The average molecular weight is 240 g/mol.